The van der Waals surface area contributed by atoms with Gasteiger partial charge in [0.05, 0.1) is 11.0 Å². The Labute approximate surface area is 103 Å². The first-order chi connectivity index (χ1) is 8.61. The largest absolute Gasteiger partial charge is 0.391 e. The fraction of sp³-hybridized carbons (Fsp3) is 0.455. The highest BCUT2D eigenvalue weighted by atomic mass is 16.6. The number of rotatable bonds is 2. The molecule has 1 saturated heterocycles. The maximum Gasteiger partial charge on any atom is 0.305 e. The number of nitrogens with zero attached hydrogens (tertiary/aromatic N) is 4. The fourth-order valence-corrected chi connectivity index (χ4v) is 2.01. The van der Waals surface area contributed by atoms with Crippen LogP contribution in [0.3, 0.4) is 0 Å². The topological polar surface area (TPSA) is 103 Å². The number of anilines is 1. The molecule has 1 atom stereocenters. The van der Waals surface area contributed by atoms with E-state index in [0.717, 1.165) is 19.4 Å². The normalized spacial score (nSPS) is 19.3. The van der Waals surface area contributed by atoms with E-state index in [2.05, 4.69) is 4.98 Å². The van der Waals surface area contributed by atoms with Gasteiger partial charge in [0.1, 0.15) is 11.9 Å². The maximum atomic E-state index is 10.7. The summed E-state index contributed by atoms with van der Waals surface area (Å²) in [5.41, 5.74) is -0.489. The van der Waals surface area contributed by atoms with Crippen LogP contribution < -0.4 is 4.90 Å². The van der Waals surface area contributed by atoms with Gasteiger partial charge >= 0.3 is 5.69 Å². The molecule has 2 rings (SSSR count). The van der Waals surface area contributed by atoms with Gasteiger partial charge in [0, 0.05) is 19.2 Å². The number of aliphatic hydroxyl groups is 1. The molecule has 0 saturated carbocycles. The predicted molar refractivity (Wildman–Crippen MR) is 63.1 cm³/mol. The van der Waals surface area contributed by atoms with Gasteiger partial charge in [-0.3, -0.25) is 10.1 Å². The van der Waals surface area contributed by atoms with Crippen LogP contribution in [0, 0.1) is 21.4 Å². The zero-order valence-corrected chi connectivity index (χ0v) is 9.61. The second kappa shape index (κ2) is 4.98. The molecule has 0 radical (unpaired) electrons. The highest BCUT2D eigenvalue weighted by Crippen LogP contribution is 2.23. The molecule has 1 aromatic rings. The van der Waals surface area contributed by atoms with Crippen LogP contribution in [0.15, 0.2) is 12.1 Å². The Morgan fingerprint density at radius 2 is 2.39 bits per heavy atom. The highest BCUT2D eigenvalue weighted by Gasteiger charge is 2.22. The van der Waals surface area contributed by atoms with Crippen molar-refractivity contribution in [1.29, 1.82) is 5.26 Å². The first-order valence-corrected chi connectivity index (χ1v) is 5.60. The summed E-state index contributed by atoms with van der Waals surface area (Å²) in [6.45, 7) is 1.17. The minimum atomic E-state index is -0.625. The molecule has 7 nitrogen and oxygen atoms in total. The summed E-state index contributed by atoms with van der Waals surface area (Å²) in [5.74, 6) is 0.496. The Morgan fingerprint density at radius 3 is 3.00 bits per heavy atom. The monoisotopic (exact) mass is 248 g/mol. The number of β-amino-alcohol motifs (C(OH)–C–C–N with tert-alkyl or cyclic N) is 1. The summed E-state index contributed by atoms with van der Waals surface area (Å²) in [6.07, 6.45) is 1.16. The van der Waals surface area contributed by atoms with E-state index in [0.29, 0.717) is 12.4 Å². The van der Waals surface area contributed by atoms with Crippen LogP contribution in [0.25, 0.3) is 0 Å². The smallest absolute Gasteiger partial charge is 0.305 e. The Hall–Kier alpha value is -2.20. The molecule has 1 aliphatic heterocycles. The van der Waals surface area contributed by atoms with Crippen LogP contribution in [-0.4, -0.2) is 34.2 Å². The molecule has 18 heavy (non-hydrogen) atoms. The van der Waals surface area contributed by atoms with Crippen LogP contribution in [0.4, 0.5) is 11.5 Å². The van der Waals surface area contributed by atoms with Crippen molar-refractivity contribution in [3.8, 4) is 6.07 Å². The number of aromatic nitrogens is 1. The van der Waals surface area contributed by atoms with Crippen LogP contribution in [0.1, 0.15) is 18.5 Å². The number of pyridine rings is 1. The van der Waals surface area contributed by atoms with Crippen LogP contribution in [-0.2, 0) is 0 Å². The third kappa shape index (κ3) is 2.38. The van der Waals surface area contributed by atoms with E-state index in [9.17, 15) is 15.2 Å². The second-order valence-corrected chi connectivity index (χ2v) is 4.15. The zero-order valence-electron chi connectivity index (χ0n) is 9.61. The Kier molecular flexibility index (Phi) is 3.39. The highest BCUT2D eigenvalue weighted by molar-refractivity contribution is 5.51. The average molecular weight is 248 g/mol. The number of hydrogen-bond donors (Lipinski definition) is 1. The van der Waals surface area contributed by atoms with Crippen molar-refractivity contribution in [2.45, 2.75) is 18.9 Å². The van der Waals surface area contributed by atoms with Gasteiger partial charge in [0.2, 0.25) is 5.69 Å². The van der Waals surface area contributed by atoms with E-state index in [1.807, 2.05) is 4.90 Å². The van der Waals surface area contributed by atoms with Gasteiger partial charge in [-0.2, -0.15) is 5.26 Å². The first kappa shape index (κ1) is 12.3. The molecule has 7 heteroatoms. The lowest BCUT2D eigenvalue weighted by Crippen LogP contribution is -2.38. The molecule has 0 amide bonds. The number of nitro groups is 1. The summed E-state index contributed by atoms with van der Waals surface area (Å²) in [7, 11) is 0. The molecule has 1 aromatic heterocycles. The van der Waals surface area contributed by atoms with Crippen LogP contribution >= 0.6 is 0 Å². The first-order valence-electron chi connectivity index (χ1n) is 5.60. The van der Waals surface area contributed by atoms with E-state index in [4.69, 9.17) is 5.26 Å². The van der Waals surface area contributed by atoms with Gasteiger partial charge in [-0.05, 0) is 18.9 Å². The van der Waals surface area contributed by atoms with Crippen molar-refractivity contribution in [2.24, 2.45) is 0 Å². The van der Waals surface area contributed by atoms with Crippen molar-refractivity contribution in [3.63, 3.8) is 0 Å². The molecule has 2 heterocycles. The standard InChI is InChI=1S/C11H12N4O3/c12-6-9-10(15(17)18)3-4-11(13-9)14-5-1-2-8(16)7-14/h3-4,8,16H,1-2,5,7H2/t8-/m0/s1. The molecule has 94 valence electrons. The van der Waals surface area contributed by atoms with Crippen LogP contribution in [0.5, 0.6) is 0 Å². The van der Waals surface area contributed by atoms with E-state index in [-0.39, 0.29) is 11.4 Å². The van der Waals surface area contributed by atoms with Gasteiger partial charge in [0.25, 0.3) is 0 Å². The predicted octanol–water partition coefficient (Wildman–Crippen LogP) is 0.823. The number of aliphatic hydroxyl groups excluding tert-OH is 1. The van der Waals surface area contributed by atoms with Gasteiger partial charge in [-0.15, -0.1) is 0 Å². The van der Waals surface area contributed by atoms with Gasteiger partial charge in [-0.25, -0.2) is 4.98 Å². The SMILES string of the molecule is N#Cc1nc(N2CCC[C@H](O)C2)ccc1[N+](=O)[O-]. The van der Waals surface area contributed by atoms with Gasteiger partial charge < -0.3 is 10.0 Å². The quantitative estimate of drug-likeness (QED) is 0.614. The lowest BCUT2D eigenvalue weighted by molar-refractivity contribution is -0.385. The van der Waals surface area contributed by atoms with E-state index < -0.39 is 11.0 Å². The summed E-state index contributed by atoms with van der Waals surface area (Å²) in [5, 5.41) is 29.1. The molecule has 1 aliphatic rings. The molecule has 0 unspecified atom stereocenters. The number of hydrogen-bond acceptors (Lipinski definition) is 6. The number of piperidine rings is 1. The molecule has 0 aromatic carbocycles. The van der Waals surface area contributed by atoms with Gasteiger partial charge in [-0.1, -0.05) is 0 Å². The van der Waals surface area contributed by atoms with Gasteiger partial charge in [0.15, 0.2) is 0 Å². The minimum Gasteiger partial charge on any atom is -0.391 e. The summed E-state index contributed by atoms with van der Waals surface area (Å²) < 4.78 is 0. The van der Waals surface area contributed by atoms with E-state index in [1.54, 1.807) is 6.07 Å². The third-order valence-corrected chi connectivity index (χ3v) is 2.88. The van der Waals surface area contributed by atoms with Crippen molar-refractivity contribution in [1.82, 2.24) is 4.98 Å². The molecular weight excluding hydrogens is 236 g/mol. The average Bonchev–Trinajstić information content (AvgIpc) is 2.37. The lowest BCUT2D eigenvalue weighted by Gasteiger charge is -2.30. The maximum absolute atomic E-state index is 10.7. The van der Waals surface area contributed by atoms with Crippen molar-refractivity contribution < 1.29 is 10.0 Å². The molecule has 1 fully saturated rings. The Balaban J connectivity index is 2.30. The summed E-state index contributed by atoms with van der Waals surface area (Å²) in [6, 6.07) is 4.52. The second-order valence-electron chi connectivity index (χ2n) is 4.15. The molecule has 0 bridgehead atoms. The van der Waals surface area contributed by atoms with Crippen molar-refractivity contribution >= 4 is 11.5 Å². The molecule has 0 spiro atoms. The van der Waals surface area contributed by atoms with Crippen molar-refractivity contribution in [3.05, 3.63) is 27.9 Å². The fourth-order valence-electron chi connectivity index (χ4n) is 2.01. The molecule has 1 N–H and O–H groups in total. The molecular formula is C11H12N4O3. The van der Waals surface area contributed by atoms with E-state index >= 15 is 0 Å². The summed E-state index contributed by atoms with van der Waals surface area (Å²) >= 11 is 0. The van der Waals surface area contributed by atoms with Crippen molar-refractivity contribution in [2.75, 3.05) is 18.0 Å². The van der Waals surface area contributed by atoms with E-state index in [1.165, 1.54) is 12.1 Å². The molecule has 0 aliphatic carbocycles. The Bertz CT molecular complexity index is 512. The lowest BCUT2D eigenvalue weighted by atomic mass is 10.1. The number of nitriles is 1. The summed E-state index contributed by atoms with van der Waals surface area (Å²) in [4.78, 5) is 15.9. The minimum absolute atomic E-state index is 0.197. The third-order valence-electron chi connectivity index (χ3n) is 2.88. The van der Waals surface area contributed by atoms with Crippen LogP contribution in [0.2, 0.25) is 0 Å². The zero-order chi connectivity index (χ0) is 13.1. The Morgan fingerprint density at radius 1 is 1.61 bits per heavy atom.